The fraction of sp³-hybridized carbons (Fsp3) is 0.769. The molecule has 0 bridgehead atoms. The summed E-state index contributed by atoms with van der Waals surface area (Å²) in [5, 5.41) is 2.81. The van der Waals surface area contributed by atoms with Gasteiger partial charge < -0.3 is 10.2 Å². The van der Waals surface area contributed by atoms with Gasteiger partial charge in [0.15, 0.2) is 0 Å². The van der Waals surface area contributed by atoms with Crippen LogP contribution in [0, 0.1) is 5.92 Å². The fourth-order valence-electron chi connectivity index (χ4n) is 1.63. The second-order valence-electron chi connectivity index (χ2n) is 4.41. The molecule has 1 N–H and O–H groups in total. The highest BCUT2D eigenvalue weighted by Crippen LogP contribution is 2.01. The Balaban J connectivity index is 3.53. The zero-order chi connectivity index (χ0) is 12.4. The molecule has 94 valence electrons. The summed E-state index contributed by atoms with van der Waals surface area (Å²) in [6.07, 6.45) is 6.61. The lowest BCUT2D eigenvalue weighted by molar-refractivity contribution is -0.118. The maximum absolute atomic E-state index is 10.7. The van der Waals surface area contributed by atoms with Crippen molar-refractivity contribution in [3.8, 4) is 0 Å². The Morgan fingerprint density at radius 2 is 2.19 bits per heavy atom. The predicted molar refractivity (Wildman–Crippen MR) is 69.4 cm³/mol. The molecule has 0 rings (SSSR count). The summed E-state index contributed by atoms with van der Waals surface area (Å²) in [5.74, 6) is 0.660. The molecule has 1 unspecified atom stereocenters. The van der Waals surface area contributed by atoms with Gasteiger partial charge >= 0.3 is 0 Å². The lowest BCUT2D eigenvalue weighted by Gasteiger charge is -2.19. The van der Waals surface area contributed by atoms with E-state index in [0.717, 1.165) is 32.5 Å². The summed E-state index contributed by atoms with van der Waals surface area (Å²) in [4.78, 5) is 13.0. The van der Waals surface area contributed by atoms with Gasteiger partial charge in [-0.05, 0) is 32.4 Å². The van der Waals surface area contributed by atoms with Gasteiger partial charge in [-0.3, -0.25) is 4.79 Å². The normalized spacial score (nSPS) is 13.3. The number of nitrogens with one attached hydrogen (secondary N) is 1. The number of carbonyl (C=O) groups excluding carboxylic acids is 1. The van der Waals surface area contributed by atoms with Gasteiger partial charge in [-0.25, -0.2) is 0 Å². The standard InChI is InChI=1S/C13H26N2O/c1-5-6-8-12(2)11-15(4)10-7-9-14-13(3)16/h6,8,12H,5,7,9-11H2,1-4H3,(H,14,16)/b8-6-. The molecule has 3 heteroatoms. The molecule has 1 amide bonds. The molecule has 0 aromatic carbocycles. The Kier molecular flexibility index (Phi) is 8.91. The molecule has 0 aliphatic heterocycles. The molecule has 0 aromatic rings. The van der Waals surface area contributed by atoms with E-state index in [0.29, 0.717) is 5.92 Å². The van der Waals surface area contributed by atoms with Crippen LogP contribution in [-0.4, -0.2) is 37.5 Å². The largest absolute Gasteiger partial charge is 0.356 e. The smallest absolute Gasteiger partial charge is 0.216 e. The number of nitrogens with zero attached hydrogens (tertiary/aromatic N) is 1. The average Bonchev–Trinajstić information content (AvgIpc) is 2.21. The molecule has 0 fully saturated rings. The van der Waals surface area contributed by atoms with Crippen molar-refractivity contribution < 1.29 is 4.79 Å². The number of hydrogen-bond donors (Lipinski definition) is 1. The van der Waals surface area contributed by atoms with Crippen molar-refractivity contribution in [2.24, 2.45) is 5.92 Å². The van der Waals surface area contributed by atoms with Crippen LogP contribution in [0.15, 0.2) is 12.2 Å². The van der Waals surface area contributed by atoms with Gasteiger partial charge in [-0.15, -0.1) is 0 Å². The first-order chi connectivity index (χ1) is 7.56. The third-order valence-corrected chi connectivity index (χ3v) is 2.39. The van der Waals surface area contributed by atoms with E-state index in [2.05, 4.69) is 43.3 Å². The first-order valence-corrected chi connectivity index (χ1v) is 6.15. The SMILES string of the molecule is CC/C=C\C(C)CN(C)CCCNC(C)=O. The van der Waals surface area contributed by atoms with Gasteiger partial charge in [0.2, 0.25) is 5.91 Å². The molecule has 0 saturated carbocycles. The Labute approximate surface area is 99.9 Å². The molecule has 1 atom stereocenters. The third kappa shape index (κ3) is 9.71. The summed E-state index contributed by atoms with van der Waals surface area (Å²) in [5.41, 5.74) is 0. The lowest BCUT2D eigenvalue weighted by atomic mass is 10.1. The van der Waals surface area contributed by atoms with Crippen LogP contribution >= 0.6 is 0 Å². The van der Waals surface area contributed by atoms with E-state index in [4.69, 9.17) is 0 Å². The second kappa shape index (κ2) is 9.40. The van der Waals surface area contributed by atoms with Crippen LogP contribution < -0.4 is 5.32 Å². The van der Waals surface area contributed by atoms with Crippen LogP contribution in [0.5, 0.6) is 0 Å². The monoisotopic (exact) mass is 226 g/mol. The van der Waals surface area contributed by atoms with Gasteiger partial charge in [0.05, 0.1) is 0 Å². The molecule has 0 aliphatic rings. The highest BCUT2D eigenvalue weighted by Gasteiger charge is 2.02. The summed E-state index contributed by atoms with van der Waals surface area (Å²) in [7, 11) is 2.13. The third-order valence-electron chi connectivity index (χ3n) is 2.39. The van der Waals surface area contributed by atoms with E-state index < -0.39 is 0 Å². The first-order valence-electron chi connectivity index (χ1n) is 6.15. The molecule has 3 nitrogen and oxygen atoms in total. The molecule has 0 aliphatic carbocycles. The number of hydrogen-bond acceptors (Lipinski definition) is 2. The first kappa shape index (κ1) is 15.2. The van der Waals surface area contributed by atoms with E-state index >= 15 is 0 Å². The minimum absolute atomic E-state index is 0.0573. The number of allylic oxidation sites excluding steroid dienone is 1. The van der Waals surface area contributed by atoms with Crippen molar-refractivity contribution in [1.82, 2.24) is 10.2 Å². The number of carbonyl (C=O) groups is 1. The lowest BCUT2D eigenvalue weighted by Crippen LogP contribution is -2.28. The quantitative estimate of drug-likeness (QED) is 0.507. The van der Waals surface area contributed by atoms with Crippen LogP contribution in [0.3, 0.4) is 0 Å². The van der Waals surface area contributed by atoms with Crippen LogP contribution in [-0.2, 0) is 4.79 Å². The van der Waals surface area contributed by atoms with Gasteiger partial charge in [-0.1, -0.05) is 26.0 Å². The van der Waals surface area contributed by atoms with Crippen molar-refractivity contribution in [2.45, 2.75) is 33.6 Å². The van der Waals surface area contributed by atoms with Crippen molar-refractivity contribution in [1.29, 1.82) is 0 Å². The molecular weight excluding hydrogens is 200 g/mol. The Bertz CT molecular complexity index is 214. The summed E-state index contributed by atoms with van der Waals surface area (Å²) in [6.45, 7) is 8.83. The molecule has 16 heavy (non-hydrogen) atoms. The van der Waals surface area contributed by atoms with Crippen LogP contribution in [0.1, 0.15) is 33.6 Å². The zero-order valence-corrected chi connectivity index (χ0v) is 11.1. The maximum atomic E-state index is 10.7. The number of amides is 1. The fourth-order valence-corrected chi connectivity index (χ4v) is 1.63. The van der Waals surface area contributed by atoms with Crippen molar-refractivity contribution in [3.05, 3.63) is 12.2 Å². The molecule has 0 heterocycles. The Hall–Kier alpha value is -0.830. The minimum atomic E-state index is 0.0573. The highest BCUT2D eigenvalue weighted by atomic mass is 16.1. The van der Waals surface area contributed by atoms with Crippen molar-refractivity contribution in [2.75, 3.05) is 26.7 Å². The summed E-state index contributed by atoms with van der Waals surface area (Å²) < 4.78 is 0. The van der Waals surface area contributed by atoms with Crippen molar-refractivity contribution >= 4 is 5.91 Å². The van der Waals surface area contributed by atoms with Crippen molar-refractivity contribution in [3.63, 3.8) is 0 Å². The van der Waals surface area contributed by atoms with Gasteiger partial charge in [0, 0.05) is 20.0 Å². The topological polar surface area (TPSA) is 32.3 Å². The number of rotatable bonds is 8. The van der Waals surface area contributed by atoms with Gasteiger partial charge in [0.1, 0.15) is 0 Å². The molecule has 0 saturated heterocycles. The van der Waals surface area contributed by atoms with E-state index in [1.165, 1.54) is 0 Å². The second-order valence-corrected chi connectivity index (χ2v) is 4.41. The van der Waals surface area contributed by atoms with E-state index in [9.17, 15) is 4.79 Å². The molecule has 0 spiro atoms. The molecule has 0 aromatic heterocycles. The summed E-state index contributed by atoms with van der Waals surface area (Å²) >= 11 is 0. The van der Waals surface area contributed by atoms with Crippen LogP contribution in [0.25, 0.3) is 0 Å². The Morgan fingerprint density at radius 1 is 1.50 bits per heavy atom. The highest BCUT2D eigenvalue weighted by molar-refractivity contribution is 5.72. The predicted octanol–water partition coefficient (Wildman–Crippen LogP) is 2.05. The summed E-state index contributed by atoms with van der Waals surface area (Å²) in [6, 6.07) is 0. The van der Waals surface area contributed by atoms with E-state index in [1.54, 1.807) is 6.92 Å². The van der Waals surface area contributed by atoms with Crippen LogP contribution in [0.4, 0.5) is 0 Å². The average molecular weight is 226 g/mol. The van der Waals surface area contributed by atoms with E-state index in [1.807, 2.05) is 0 Å². The maximum Gasteiger partial charge on any atom is 0.216 e. The van der Waals surface area contributed by atoms with Crippen LogP contribution in [0.2, 0.25) is 0 Å². The van der Waals surface area contributed by atoms with E-state index in [-0.39, 0.29) is 5.91 Å². The van der Waals surface area contributed by atoms with Gasteiger partial charge in [0.25, 0.3) is 0 Å². The molecule has 0 radical (unpaired) electrons. The minimum Gasteiger partial charge on any atom is -0.356 e. The molecular formula is C13H26N2O. The van der Waals surface area contributed by atoms with Gasteiger partial charge in [-0.2, -0.15) is 0 Å². The Morgan fingerprint density at radius 3 is 2.75 bits per heavy atom. The zero-order valence-electron chi connectivity index (χ0n) is 11.1.